The Kier molecular flexibility index (Phi) is 6.41. The second-order valence-corrected chi connectivity index (χ2v) is 11.2. The summed E-state index contributed by atoms with van der Waals surface area (Å²) < 4.78 is 5.81. The third-order valence-corrected chi connectivity index (χ3v) is 8.58. The van der Waals surface area contributed by atoms with Crippen molar-refractivity contribution < 1.29 is 14.3 Å². The topological polar surface area (TPSA) is 114 Å². The first-order valence-electron chi connectivity index (χ1n) is 11.0. The molecule has 3 aromatic heterocycles. The maximum absolute atomic E-state index is 12.7. The smallest absolute Gasteiger partial charge is 0.338 e. The number of nitrogens with zero attached hydrogens (tertiary/aromatic N) is 2. The normalized spacial score (nSPS) is 15.4. The number of rotatable bonds is 6. The molecule has 11 heteroatoms. The van der Waals surface area contributed by atoms with Crippen LogP contribution in [0.1, 0.15) is 41.1 Å². The summed E-state index contributed by atoms with van der Waals surface area (Å²) in [6.45, 7) is 4.29. The quantitative estimate of drug-likeness (QED) is 0.219. The van der Waals surface area contributed by atoms with Gasteiger partial charge in [0.25, 0.3) is 5.56 Å². The Labute approximate surface area is 207 Å². The van der Waals surface area contributed by atoms with Crippen LogP contribution in [0.4, 0.5) is 5.13 Å². The standard InChI is InChI=1S/C23H22N4O4S3/c1-3-31-21(30)12-5-7-14-16(9-12)34-23(24-14)25-17(28)10-32-22-26-19(29)18-13-6-4-11(2)8-15(13)33-20(18)27-22/h5,7,9,11H,3-4,6,8,10H2,1-2H3,(H,24,25,28)(H,26,27,29). The molecule has 1 aliphatic rings. The number of amides is 1. The van der Waals surface area contributed by atoms with Crippen molar-refractivity contribution in [2.45, 2.75) is 38.3 Å². The van der Waals surface area contributed by atoms with E-state index in [-0.39, 0.29) is 23.2 Å². The molecule has 1 unspecified atom stereocenters. The fourth-order valence-corrected chi connectivity index (χ4v) is 7.03. The van der Waals surface area contributed by atoms with Crippen LogP contribution in [0.25, 0.3) is 20.4 Å². The third-order valence-electron chi connectivity index (χ3n) is 5.63. The molecule has 1 amide bonds. The van der Waals surface area contributed by atoms with Gasteiger partial charge in [0, 0.05) is 4.88 Å². The van der Waals surface area contributed by atoms with Gasteiger partial charge in [0.1, 0.15) is 4.83 Å². The fourth-order valence-electron chi connectivity index (χ4n) is 4.01. The number of H-pyrrole nitrogens is 1. The average Bonchev–Trinajstić information content (AvgIpc) is 3.37. The van der Waals surface area contributed by atoms with Crippen LogP contribution in [0.15, 0.2) is 28.2 Å². The van der Waals surface area contributed by atoms with E-state index in [0.717, 1.165) is 34.4 Å². The van der Waals surface area contributed by atoms with Crippen molar-refractivity contribution in [2.24, 2.45) is 5.92 Å². The Morgan fingerprint density at radius 2 is 2.15 bits per heavy atom. The van der Waals surface area contributed by atoms with Gasteiger partial charge in [-0.25, -0.2) is 14.8 Å². The van der Waals surface area contributed by atoms with E-state index in [2.05, 4.69) is 27.2 Å². The van der Waals surface area contributed by atoms with Crippen LogP contribution >= 0.6 is 34.4 Å². The molecular weight excluding hydrogens is 492 g/mol. The molecule has 0 radical (unpaired) electrons. The van der Waals surface area contributed by atoms with Crippen LogP contribution in [0.2, 0.25) is 0 Å². The number of thioether (sulfide) groups is 1. The van der Waals surface area contributed by atoms with Crippen LogP contribution in [-0.4, -0.2) is 39.2 Å². The van der Waals surface area contributed by atoms with Crippen molar-refractivity contribution >= 4 is 71.9 Å². The van der Waals surface area contributed by atoms with Crippen LogP contribution in [0.3, 0.4) is 0 Å². The molecule has 8 nitrogen and oxygen atoms in total. The van der Waals surface area contributed by atoms with Gasteiger partial charge in [-0.15, -0.1) is 11.3 Å². The summed E-state index contributed by atoms with van der Waals surface area (Å²) in [5.74, 6) is 0.0631. The lowest BCUT2D eigenvalue weighted by molar-refractivity contribution is -0.113. The summed E-state index contributed by atoms with van der Waals surface area (Å²) in [7, 11) is 0. The van der Waals surface area contributed by atoms with Crippen LogP contribution < -0.4 is 10.9 Å². The molecule has 2 N–H and O–H groups in total. The van der Waals surface area contributed by atoms with Gasteiger partial charge in [-0.3, -0.25) is 9.59 Å². The fraction of sp³-hybridized carbons (Fsp3) is 0.348. The molecule has 0 spiro atoms. The van der Waals surface area contributed by atoms with Gasteiger partial charge in [-0.05, 0) is 55.9 Å². The molecule has 0 bridgehead atoms. The number of carbonyl (C=O) groups excluding carboxylic acids is 2. The van der Waals surface area contributed by atoms with E-state index in [0.29, 0.717) is 39.3 Å². The maximum Gasteiger partial charge on any atom is 0.338 e. The molecule has 0 saturated heterocycles. The SMILES string of the molecule is CCOC(=O)c1ccc2nc(NC(=O)CSc3nc4sc5c(c4c(=O)[nH]3)CCC(C)C5)sc2c1. The number of fused-ring (bicyclic) bond motifs is 4. The molecule has 1 aromatic carbocycles. The lowest BCUT2D eigenvalue weighted by atomic mass is 9.89. The van der Waals surface area contributed by atoms with Crippen molar-refractivity contribution in [2.75, 3.05) is 17.7 Å². The lowest BCUT2D eigenvalue weighted by Gasteiger charge is -2.17. The van der Waals surface area contributed by atoms with Crippen molar-refractivity contribution in [3.05, 3.63) is 44.6 Å². The number of ether oxygens (including phenoxy) is 1. The number of thiophene rings is 1. The van der Waals surface area contributed by atoms with E-state index in [1.54, 1.807) is 36.5 Å². The molecule has 176 valence electrons. The lowest BCUT2D eigenvalue weighted by Crippen LogP contribution is -2.16. The minimum Gasteiger partial charge on any atom is -0.462 e. The minimum atomic E-state index is -0.389. The largest absolute Gasteiger partial charge is 0.462 e. The summed E-state index contributed by atoms with van der Waals surface area (Å²) in [4.78, 5) is 51.0. The van der Waals surface area contributed by atoms with E-state index < -0.39 is 0 Å². The van der Waals surface area contributed by atoms with Gasteiger partial charge in [0.15, 0.2) is 10.3 Å². The highest BCUT2D eigenvalue weighted by atomic mass is 32.2. The number of thiazole rings is 1. The summed E-state index contributed by atoms with van der Waals surface area (Å²) in [5, 5.41) is 4.37. The van der Waals surface area contributed by atoms with Gasteiger partial charge in [-0.2, -0.15) is 0 Å². The van der Waals surface area contributed by atoms with E-state index in [4.69, 9.17) is 4.74 Å². The first kappa shape index (κ1) is 23.0. The highest BCUT2D eigenvalue weighted by Gasteiger charge is 2.23. The van der Waals surface area contributed by atoms with Crippen molar-refractivity contribution in [3.8, 4) is 0 Å². The number of aromatic nitrogens is 3. The molecule has 0 saturated carbocycles. The highest BCUT2D eigenvalue weighted by molar-refractivity contribution is 7.99. The second kappa shape index (κ2) is 9.47. The van der Waals surface area contributed by atoms with E-state index in [9.17, 15) is 14.4 Å². The molecule has 0 aliphatic heterocycles. The molecule has 3 heterocycles. The molecule has 4 aromatic rings. The zero-order valence-electron chi connectivity index (χ0n) is 18.6. The van der Waals surface area contributed by atoms with E-state index in [1.165, 1.54) is 28.0 Å². The number of aromatic amines is 1. The average molecular weight is 515 g/mol. The van der Waals surface area contributed by atoms with Crippen molar-refractivity contribution in [3.63, 3.8) is 0 Å². The summed E-state index contributed by atoms with van der Waals surface area (Å²) in [6, 6.07) is 5.09. The zero-order valence-corrected chi connectivity index (χ0v) is 21.0. The molecule has 1 atom stereocenters. The van der Waals surface area contributed by atoms with Gasteiger partial charge in [0.2, 0.25) is 5.91 Å². The monoisotopic (exact) mass is 514 g/mol. The van der Waals surface area contributed by atoms with Gasteiger partial charge in [-0.1, -0.05) is 30.0 Å². The Bertz CT molecular complexity index is 1470. The van der Waals surface area contributed by atoms with E-state index in [1.807, 2.05) is 0 Å². The van der Waals surface area contributed by atoms with Crippen LogP contribution in [0.5, 0.6) is 0 Å². The van der Waals surface area contributed by atoms with Crippen molar-refractivity contribution in [1.82, 2.24) is 15.0 Å². The maximum atomic E-state index is 12.7. The summed E-state index contributed by atoms with van der Waals surface area (Å²) in [5.41, 5.74) is 2.14. The number of aryl methyl sites for hydroxylation is 1. The summed E-state index contributed by atoms with van der Waals surface area (Å²) in [6.07, 6.45) is 2.99. The van der Waals surface area contributed by atoms with Gasteiger partial charge >= 0.3 is 5.97 Å². The Morgan fingerprint density at radius 1 is 1.29 bits per heavy atom. The van der Waals surface area contributed by atoms with Crippen molar-refractivity contribution in [1.29, 1.82) is 0 Å². The molecule has 34 heavy (non-hydrogen) atoms. The number of carbonyl (C=O) groups is 2. The van der Waals surface area contributed by atoms with E-state index >= 15 is 0 Å². The number of esters is 1. The number of benzene rings is 1. The predicted molar refractivity (Wildman–Crippen MR) is 136 cm³/mol. The first-order chi connectivity index (χ1) is 16.4. The molecule has 5 rings (SSSR count). The Hall–Kier alpha value is -2.76. The van der Waals surface area contributed by atoms with Gasteiger partial charge < -0.3 is 15.0 Å². The predicted octanol–water partition coefficient (Wildman–Crippen LogP) is 4.63. The van der Waals surface area contributed by atoms with Crippen LogP contribution in [0, 0.1) is 5.92 Å². The Morgan fingerprint density at radius 3 is 2.97 bits per heavy atom. The Balaban J connectivity index is 1.27. The first-order valence-corrected chi connectivity index (χ1v) is 13.6. The number of hydrogen-bond acceptors (Lipinski definition) is 9. The second-order valence-electron chi connectivity index (χ2n) is 8.16. The number of anilines is 1. The molecule has 1 aliphatic carbocycles. The third kappa shape index (κ3) is 4.59. The number of nitrogens with one attached hydrogen (secondary N) is 2. The van der Waals surface area contributed by atoms with Gasteiger partial charge in [0.05, 0.1) is 33.5 Å². The molecule has 0 fully saturated rings. The van der Waals surface area contributed by atoms with Crippen LogP contribution in [-0.2, 0) is 22.4 Å². The molecular formula is C23H22N4O4S3. The summed E-state index contributed by atoms with van der Waals surface area (Å²) >= 11 is 4.06. The number of hydrogen-bond donors (Lipinski definition) is 2. The highest BCUT2D eigenvalue weighted by Crippen LogP contribution is 2.36. The zero-order chi connectivity index (χ0) is 23.8. The minimum absolute atomic E-state index is 0.0839.